The predicted molar refractivity (Wildman–Crippen MR) is 87.2 cm³/mol. The fourth-order valence-electron chi connectivity index (χ4n) is 2.05. The second-order valence-corrected chi connectivity index (χ2v) is 5.01. The molecule has 1 N–H and O–H groups in total. The molecule has 5 heteroatoms. The van der Waals surface area contributed by atoms with Gasteiger partial charge in [-0.2, -0.15) is 0 Å². The summed E-state index contributed by atoms with van der Waals surface area (Å²) in [4.78, 5) is 12.1. The molecule has 4 nitrogen and oxygen atoms in total. The summed E-state index contributed by atoms with van der Waals surface area (Å²) in [6, 6.07) is 13.4. The van der Waals surface area contributed by atoms with Gasteiger partial charge in [0.2, 0.25) is 5.91 Å². The highest BCUT2D eigenvalue weighted by molar-refractivity contribution is 5.92. The zero-order valence-corrected chi connectivity index (χ0v) is 13.0. The second-order valence-electron chi connectivity index (χ2n) is 5.01. The average Bonchev–Trinajstić information content (AvgIpc) is 2.56. The first-order valence-corrected chi connectivity index (χ1v) is 7.44. The third kappa shape index (κ3) is 5.71. The fourth-order valence-corrected chi connectivity index (χ4v) is 2.05. The van der Waals surface area contributed by atoms with Crippen molar-refractivity contribution < 1.29 is 18.7 Å². The molecule has 0 saturated heterocycles. The molecule has 122 valence electrons. The number of hydrogen-bond acceptors (Lipinski definition) is 3. The number of ether oxygens (including phenoxy) is 2. The molecule has 0 atom stereocenters. The summed E-state index contributed by atoms with van der Waals surface area (Å²) in [6.45, 7) is 0.895. The molecule has 0 unspecified atom stereocenters. The second kappa shape index (κ2) is 8.90. The monoisotopic (exact) mass is 317 g/mol. The first kappa shape index (κ1) is 17.0. The van der Waals surface area contributed by atoms with Crippen LogP contribution in [0.3, 0.4) is 0 Å². The zero-order chi connectivity index (χ0) is 16.5. The number of benzene rings is 2. The summed E-state index contributed by atoms with van der Waals surface area (Å²) >= 11 is 0. The number of anilines is 1. The van der Waals surface area contributed by atoms with Gasteiger partial charge in [-0.15, -0.1) is 0 Å². The van der Waals surface area contributed by atoms with Crippen molar-refractivity contribution in [2.24, 2.45) is 0 Å². The van der Waals surface area contributed by atoms with E-state index < -0.39 is 0 Å². The maximum Gasteiger partial charge on any atom is 0.224 e. The van der Waals surface area contributed by atoms with Crippen molar-refractivity contribution in [2.45, 2.75) is 12.8 Å². The number of hydrogen-bond donors (Lipinski definition) is 1. The summed E-state index contributed by atoms with van der Waals surface area (Å²) in [6.07, 6.45) is 0.872. The Morgan fingerprint density at radius 1 is 1.09 bits per heavy atom. The number of nitrogens with one attached hydrogen (secondary N) is 1. The summed E-state index contributed by atoms with van der Waals surface area (Å²) < 4.78 is 23.4. The molecule has 1 amide bonds. The van der Waals surface area contributed by atoms with Gasteiger partial charge in [0, 0.05) is 13.5 Å². The van der Waals surface area contributed by atoms with E-state index in [1.165, 1.54) is 12.1 Å². The molecule has 0 spiro atoms. The van der Waals surface area contributed by atoms with Crippen molar-refractivity contribution in [1.82, 2.24) is 0 Å². The smallest absolute Gasteiger partial charge is 0.224 e. The van der Waals surface area contributed by atoms with Crippen LogP contribution in [0.2, 0.25) is 0 Å². The molecule has 23 heavy (non-hydrogen) atoms. The summed E-state index contributed by atoms with van der Waals surface area (Å²) in [7, 11) is 1.60. The van der Waals surface area contributed by atoms with Crippen molar-refractivity contribution in [3.63, 3.8) is 0 Å². The molecule has 0 aliphatic rings. The Morgan fingerprint density at radius 3 is 2.57 bits per heavy atom. The third-order valence-electron chi connectivity index (χ3n) is 3.26. The molecule has 0 saturated carbocycles. The van der Waals surface area contributed by atoms with Crippen LogP contribution in [0.15, 0.2) is 48.5 Å². The van der Waals surface area contributed by atoms with Gasteiger partial charge in [0.05, 0.1) is 12.3 Å². The lowest BCUT2D eigenvalue weighted by Crippen LogP contribution is -2.14. The largest absolute Gasteiger partial charge is 0.489 e. The van der Waals surface area contributed by atoms with Gasteiger partial charge in [0.25, 0.3) is 0 Å². The van der Waals surface area contributed by atoms with Crippen LogP contribution in [0, 0.1) is 5.82 Å². The van der Waals surface area contributed by atoms with E-state index in [0.717, 1.165) is 5.56 Å². The van der Waals surface area contributed by atoms with Crippen LogP contribution in [0.1, 0.15) is 12.0 Å². The molecule has 0 radical (unpaired) electrons. The van der Waals surface area contributed by atoms with E-state index in [0.29, 0.717) is 37.5 Å². The van der Waals surface area contributed by atoms with Crippen molar-refractivity contribution in [2.75, 3.05) is 25.6 Å². The molecule has 2 aromatic rings. The van der Waals surface area contributed by atoms with E-state index in [1.54, 1.807) is 31.4 Å². The van der Waals surface area contributed by atoms with E-state index in [1.807, 2.05) is 12.1 Å². The van der Waals surface area contributed by atoms with Crippen LogP contribution in [0.25, 0.3) is 0 Å². The summed E-state index contributed by atoms with van der Waals surface area (Å²) in [5.74, 6) is 0.220. The fraction of sp³-hybridized carbons (Fsp3) is 0.278. The van der Waals surface area contributed by atoms with E-state index in [2.05, 4.69) is 5.32 Å². The van der Waals surface area contributed by atoms with Crippen LogP contribution in [-0.4, -0.2) is 26.2 Å². The minimum atomic E-state index is -0.277. The van der Waals surface area contributed by atoms with E-state index in [4.69, 9.17) is 9.47 Å². The van der Waals surface area contributed by atoms with Crippen LogP contribution in [0.4, 0.5) is 10.1 Å². The van der Waals surface area contributed by atoms with Gasteiger partial charge in [-0.3, -0.25) is 4.79 Å². The Morgan fingerprint density at radius 2 is 1.83 bits per heavy atom. The third-order valence-corrected chi connectivity index (χ3v) is 3.26. The minimum absolute atomic E-state index is 0.114. The molecule has 2 rings (SSSR count). The summed E-state index contributed by atoms with van der Waals surface area (Å²) in [5.41, 5.74) is 1.55. The standard InChI is InChI=1S/C18H20FNO3/c1-22-12-13-23-17-5-3-2-4-16(17)20-18(21)11-8-14-6-9-15(19)10-7-14/h2-7,9-10H,8,11-13H2,1H3,(H,20,21). The highest BCUT2D eigenvalue weighted by Gasteiger charge is 2.08. The topological polar surface area (TPSA) is 47.6 Å². The lowest BCUT2D eigenvalue weighted by molar-refractivity contribution is -0.116. The van der Waals surface area contributed by atoms with E-state index in [9.17, 15) is 9.18 Å². The van der Waals surface area contributed by atoms with Crippen molar-refractivity contribution >= 4 is 11.6 Å². The molecule has 0 aromatic heterocycles. The lowest BCUT2D eigenvalue weighted by atomic mass is 10.1. The van der Waals surface area contributed by atoms with Gasteiger partial charge in [-0.25, -0.2) is 4.39 Å². The Kier molecular flexibility index (Phi) is 6.56. The van der Waals surface area contributed by atoms with Crippen molar-refractivity contribution in [1.29, 1.82) is 0 Å². The van der Waals surface area contributed by atoms with E-state index in [-0.39, 0.29) is 11.7 Å². The van der Waals surface area contributed by atoms with E-state index >= 15 is 0 Å². The number of rotatable bonds is 8. The molecule has 0 bridgehead atoms. The van der Waals surface area contributed by atoms with Gasteiger partial charge in [-0.1, -0.05) is 24.3 Å². The predicted octanol–water partition coefficient (Wildman–Crippen LogP) is 3.42. The number of carbonyl (C=O) groups excluding carboxylic acids is 1. The normalized spacial score (nSPS) is 10.3. The van der Waals surface area contributed by atoms with Crippen LogP contribution in [-0.2, 0) is 16.0 Å². The molecular weight excluding hydrogens is 297 g/mol. The maximum absolute atomic E-state index is 12.8. The van der Waals surface area contributed by atoms with Crippen molar-refractivity contribution in [3.05, 3.63) is 59.9 Å². The number of para-hydroxylation sites is 2. The number of halogens is 1. The average molecular weight is 317 g/mol. The number of methoxy groups -OCH3 is 1. The highest BCUT2D eigenvalue weighted by Crippen LogP contribution is 2.24. The first-order chi connectivity index (χ1) is 11.2. The van der Waals surface area contributed by atoms with Gasteiger partial charge in [0.15, 0.2) is 0 Å². The first-order valence-electron chi connectivity index (χ1n) is 7.44. The molecule has 0 heterocycles. The Labute approximate surface area is 135 Å². The Hall–Kier alpha value is -2.40. The van der Waals surface area contributed by atoms with Gasteiger partial charge >= 0.3 is 0 Å². The number of carbonyl (C=O) groups is 1. The van der Waals surface area contributed by atoms with Crippen LogP contribution >= 0.6 is 0 Å². The molecule has 2 aromatic carbocycles. The quantitative estimate of drug-likeness (QED) is 0.759. The molecular formula is C18H20FNO3. The SMILES string of the molecule is COCCOc1ccccc1NC(=O)CCc1ccc(F)cc1. The van der Waals surface area contributed by atoms with Gasteiger partial charge < -0.3 is 14.8 Å². The molecule has 0 aliphatic carbocycles. The van der Waals surface area contributed by atoms with Crippen molar-refractivity contribution in [3.8, 4) is 5.75 Å². The van der Waals surface area contributed by atoms with Crippen LogP contribution < -0.4 is 10.1 Å². The molecule has 0 aliphatic heterocycles. The zero-order valence-electron chi connectivity index (χ0n) is 13.0. The highest BCUT2D eigenvalue weighted by atomic mass is 19.1. The maximum atomic E-state index is 12.8. The Balaban J connectivity index is 1.88. The number of aryl methyl sites for hydroxylation is 1. The molecule has 0 fully saturated rings. The lowest BCUT2D eigenvalue weighted by Gasteiger charge is -2.12. The minimum Gasteiger partial charge on any atom is -0.489 e. The van der Waals surface area contributed by atoms with Gasteiger partial charge in [-0.05, 0) is 36.2 Å². The summed E-state index contributed by atoms with van der Waals surface area (Å²) in [5, 5.41) is 2.84. The Bertz CT molecular complexity index is 628. The van der Waals surface area contributed by atoms with Gasteiger partial charge in [0.1, 0.15) is 18.2 Å². The van der Waals surface area contributed by atoms with Crippen LogP contribution in [0.5, 0.6) is 5.75 Å². The number of amides is 1.